The van der Waals surface area contributed by atoms with Gasteiger partial charge in [-0.2, -0.15) is 0 Å². The van der Waals surface area contributed by atoms with Gasteiger partial charge in [0.25, 0.3) is 5.56 Å². The lowest BCUT2D eigenvalue weighted by atomic mass is 10.2. The van der Waals surface area contributed by atoms with Crippen LogP contribution < -0.4 is 21.5 Å². The summed E-state index contributed by atoms with van der Waals surface area (Å²) in [7, 11) is 1.49. The molecule has 2 aromatic heterocycles. The van der Waals surface area contributed by atoms with Crippen LogP contribution in [0.3, 0.4) is 0 Å². The van der Waals surface area contributed by atoms with Gasteiger partial charge in [-0.25, -0.2) is 4.79 Å². The second-order valence-electron chi connectivity index (χ2n) is 4.81. The van der Waals surface area contributed by atoms with Crippen LogP contribution in [-0.4, -0.2) is 22.4 Å². The number of hydrogen-bond donors (Lipinski definition) is 4. The van der Waals surface area contributed by atoms with Crippen LogP contribution in [0.15, 0.2) is 23.1 Å². The normalized spacial score (nSPS) is 13.8. The fourth-order valence-electron chi connectivity index (χ4n) is 1.94. The molecule has 0 aliphatic heterocycles. The van der Waals surface area contributed by atoms with Crippen molar-refractivity contribution in [2.24, 2.45) is 0 Å². The SMILES string of the molecule is CNC(=O)Nc1c(Nc2ccnc(C3CC3)c2)s[nH]c1=O. The van der Waals surface area contributed by atoms with Gasteiger partial charge in [-0.1, -0.05) is 0 Å². The molecule has 4 N–H and O–H groups in total. The number of rotatable bonds is 4. The van der Waals surface area contributed by atoms with E-state index in [1.165, 1.54) is 19.9 Å². The Hall–Kier alpha value is -2.35. The Bertz CT molecular complexity index is 719. The molecular formula is C13H15N5O2S. The van der Waals surface area contributed by atoms with E-state index < -0.39 is 6.03 Å². The number of urea groups is 1. The lowest BCUT2D eigenvalue weighted by molar-refractivity contribution is 0.254. The number of hydrogen-bond acceptors (Lipinski definition) is 5. The summed E-state index contributed by atoms with van der Waals surface area (Å²) in [5.74, 6) is 0.556. The Labute approximate surface area is 125 Å². The summed E-state index contributed by atoms with van der Waals surface area (Å²) in [6.07, 6.45) is 4.10. The van der Waals surface area contributed by atoms with Gasteiger partial charge in [0, 0.05) is 30.5 Å². The summed E-state index contributed by atoms with van der Waals surface area (Å²) in [6.45, 7) is 0. The minimum Gasteiger partial charge on any atom is -0.344 e. The predicted octanol–water partition coefficient (Wildman–Crippen LogP) is 2.20. The molecule has 0 radical (unpaired) electrons. The number of anilines is 3. The molecule has 2 aromatic rings. The number of nitrogens with zero attached hydrogens (tertiary/aromatic N) is 1. The van der Waals surface area contributed by atoms with E-state index in [1.54, 1.807) is 6.20 Å². The molecule has 0 spiro atoms. The Morgan fingerprint density at radius 1 is 1.48 bits per heavy atom. The lowest BCUT2D eigenvalue weighted by Crippen LogP contribution is -2.27. The second-order valence-corrected chi connectivity index (χ2v) is 5.63. The summed E-state index contributed by atoms with van der Waals surface area (Å²) in [4.78, 5) is 27.5. The van der Waals surface area contributed by atoms with E-state index in [-0.39, 0.29) is 11.2 Å². The highest BCUT2D eigenvalue weighted by Crippen LogP contribution is 2.39. The minimum atomic E-state index is -0.435. The molecule has 0 unspecified atom stereocenters. The molecule has 0 atom stereocenters. The van der Waals surface area contributed by atoms with Crippen molar-refractivity contribution in [3.8, 4) is 0 Å². The number of amides is 2. The van der Waals surface area contributed by atoms with E-state index in [2.05, 4.69) is 25.3 Å². The quantitative estimate of drug-likeness (QED) is 0.696. The number of pyridine rings is 1. The molecular weight excluding hydrogens is 290 g/mol. The molecule has 0 saturated heterocycles. The van der Waals surface area contributed by atoms with Crippen molar-refractivity contribution in [2.75, 3.05) is 17.7 Å². The van der Waals surface area contributed by atoms with E-state index in [4.69, 9.17) is 0 Å². The fraction of sp³-hybridized carbons (Fsp3) is 0.308. The molecule has 1 aliphatic carbocycles. The van der Waals surface area contributed by atoms with Crippen LogP contribution in [0.2, 0.25) is 0 Å². The van der Waals surface area contributed by atoms with Crippen molar-refractivity contribution >= 4 is 33.9 Å². The number of carbonyl (C=O) groups is 1. The van der Waals surface area contributed by atoms with Crippen LogP contribution in [-0.2, 0) is 0 Å². The molecule has 110 valence electrons. The summed E-state index contributed by atoms with van der Waals surface area (Å²) in [5.41, 5.74) is 1.79. The minimum absolute atomic E-state index is 0.212. The fourth-order valence-corrected chi connectivity index (χ4v) is 2.65. The summed E-state index contributed by atoms with van der Waals surface area (Å²) in [6, 6.07) is 3.38. The van der Waals surface area contributed by atoms with E-state index >= 15 is 0 Å². The summed E-state index contributed by atoms with van der Waals surface area (Å²) < 4.78 is 2.60. The average Bonchev–Trinajstić information content (AvgIpc) is 3.29. The zero-order valence-electron chi connectivity index (χ0n) is 11.4. The van der Waals surface area contributed by atoms with E-state index in [1.807, 2.05) is 12.1 Å². The van der Waals surface area contributed by atoms with Gasteiger partial charge in [0.2, 0.25) is 0 Å². The largest absolute Gasteiger partial charge is 0.344 e. The summed E-state index contributed by atoms with van der Waals surface area (Å²) in [5, 5.41) is 8.65. The van der Waals surface area contributed by atoms with Gasteiger partial charge in [-0.05, 0) is 36.5 Å². The number of aromatic nitrogens is 2. The first kappa shape index (κ1) is 13.6. The number of H-pyrrole nitrogens is 1. The first-order valence-electron chi connectivity index (χ1n) is 6.60. The molecule has 0 aromatic carbocycles. The molecule has 1 aliphatic rings. The van der Waals surface area contributed by atoms with Gasteiger partial charge < -0.3 is 16.0 Å². The Kier molecular flexibility index (Phi) is 3.61. The third kappa shape index (κ3) is 3.05. The van der Waals surface area contributed by atoms with Gasteiger partial charge in [-0.3, -0.25) is 14.2 Å². The summed E-state index contributed by atoms with van der Waals surface area (Å²) >= 11 is 1.14. The average molecular weight is 305 g/mol. The zero-order chi connectivity index (χ0) is 14.8. The maximum atomic E-state index is 11.7. The molecule has 2 amide bonds. The number of aromatic amines is 1. The maximum Gasteiger partial charge on any atom is 0.319 e. The van der Waals surface area contributed by atoms with E-state index in [0.717, 1.165) is 22.9 Å². The van der Waals surface area contributed by atoms with Gasteiger partial charge in [0.05, 0.1) is 0 Å². The lowest BCUT2D eigenvalue weighted by Gasteiger charge is -2.08. The van der Waals surface area contributed by atoms with Crippen molar-refractivity contribution in [3.63, 3.8) is 0 Å². The molecule has 3 rings (SSSR count). The van der Waals surface area contributed by atoms with Crippen molar-refractivity contribution in [1.29, 1.82) is 0 Å². The molecule has 1 saturated carbocycles. The number of nitrogens with one attached hydrogen (secondary N) is 4. The predicted molar refractivity (Wildman–Crippen MR) is 82.5 cm³/mol. The van der Waals surface area contributed by atoms with Crippen LogP contribution in [0.25, 0.3) is 0 Å². The highest BCUT2D eigenvalue weighted by Gasteiger charge is 2.25. The monoisotopic (exact) mass is 305 g/mol. The number of carbonyl (C=O) groups excluding carboxylic acids is 1. The molecule has 2 heterocycles. The van der Waals surface area contributed by atoms with Crippen molar-refractivity contribution in [3.05, 3.63) is 34.4 Å². The topological polar surface area (TPSA) is 98.9 Å². The van der Waals surface area contributed by atoms with Crippen molar-refractivity contribution < 1.29 is 4.79 Å². The molecule has 7 nitrogen and oxygen atoms in total. The molecule has 8 heteroatoms. The zero-order valence-corrected chi connectivity index (χ0v) is 12.2. The Morgan fingerprint density at radius 2 is 2.29 bits per heavy atom. The molecule has 21 heavy (non-hydrogen) atoms. The molecule has 1 fully saturated rings. The van der Waals surface area contributed by atoms with Gasteiger partial charge in [-0.15, -0.1) is 0 Å². The third-order valence-electron chi connectivity index (χ3n) is 3.20. The van der Waals surface area contributed by atoms with Crippen LogP contribution in [0.4, 0.5) is 21.2 Å². The first-order chi connectivity index (χ1) is 10.2. The van der Waals surface area contributed by atoms with Crippen LogP contribution >= 0.6 is 11.5 Å². The van der Waals surface area contributed by atoms with Crippen molar-refractivity contribution in [2.45, 2.75) is 18.8 Å². The maximum absolute atomic E-state index is 11.7. The second kappa shape index (κ2) is 5.57. The standard InChI is InChI=1S/C13H15N5O2S/c1-14-13(20)17-10-11(19)18-21-12(10)16-8-4-5-15-9(6-8)7-2-3-7/h4-7H,2-3H2,1H3,(H,15,16)(H,18,19)(H2,14,17,20). The van der Waals surface area contributed by atoms with E-state index in [9.17, 15) is 9.59 Å². The van der Waals surface area contributed by atoms with Gasteiger partial charge >= 0.3 is 6.03 Å². The van der Waals surface area contributed by atoms with Crippen molar-refractivity contribution in [1.82, 2.24) is 14.7 Å². The van der Waals surface area contributed by atoms with Gasteiger partial charge in [0.15, 0.2) is 0 Å². The van der Waals surface area contributed by atoms with E-state index in [0.29, 0.717) is 10.9 Å². The first-order valence-corrected chi connectivity index (χ1v) is 7.42. The van der Waals surface area contributed by atoms with Crippen LogP contribution in [0, 0.1) is 0 Å². The molecule has 0 bridgehead atoms. The highest BCUT2D eigenvalue weighted by molar-refractivity contribution is 7.11. The Morgan fingerprint density at radius 3 is 3.00 bits per heavy atom. The van der Waals surface area contributed by atoms with Crippen LogP contribution in [0.1, 0.15) is 24.5 Å². The Balaban J connectivity index is 1.83. The van der Waals surface area contributed by atoms with Crippen LogP contribution in [0.5, 0.6) is 0 Å². The highest BCUT2D eigenvalue weighted by atomic mass is 32.1. The van der Waals surface area contributed by atoms with Gasteiger partial charge in [0.1, 0.15) is 10.7 Å². The smallest absolute Gasteiger partial charge is 0.319 e. The third-order valence-corrected chi connectivity index (χ3v) is 4.00.